The number of benzene rings is 1. The highest BCUT2D eigenvalue weighted by Gasteiger charge is 2.09. The van der Waals surface area contributed by atoms with Crippen LogP contribution in [0.4, 0.5) is 5.69 Å². The molecule has 0 bridgehead atoms. The lowest BCUT2D eigenvalue weighted by molar-refractivity contribution is 0.658. The van der Waals surface area contributed by atoms with Gasteiger partial charge in [-0.15, -0.1) is 0 Å². The average Bonchev–Trinajstić information content (AvgIpc) is 2.81. The fourth-order valence-corrected chi connectivity index (χ4v) is 2.44. The summed E-state index contributed by atoms with van der Waals surface area (Å²) in [5.74, 6) is 0. The first-order chi connectivity index (χ1) is 8.60. The van der Waals surface area contributed by atoms with Crippen LogP contribution in [0.15, 0.2) is 35.1 Å². The van der Waals surface area contributed by atoms with E-state index in [1.165, 1.54) is 11.1 Å². The summed E-state index contributed by atoms with van der Waals surface area (Å²) in [7, 11) is 0. The van der Waals surface area contributed by atoms with Crippen LogP contribution in [0.5, 0.6) is 0 Å². The fraction of sp³-hybridized carbons (Fsp3) is 0.357. The van der Waals surface area contributed by atoms with Gasteiger partial charge < -0.3 is 5.32 Å². The molecular weight excluding hydrogens is 290 g/mol. The molecule has 96 valence electrons. The van der Waals surface area contributed by atoms with Gasteiger partial charge in [0.15, 0.2) is 0 Å². The first kappa shape index (κ1) is 13.1. The molecule has 2 aromatic rings. The molecule has 0 aliphatic carbocycles. The van der Waals surface area contributed by atoms with Crippen LogP contribution in [-0.4, -0.2) is 9.78 Å². The van der Waals surface area contributed by atoms with E-state index < -0.39 is 0 Å². The molecule has 0 spiro atoms. The zero-order chi connectivity index (χ0) is 13.1. The van der Waals surface area contributed by atoms with E-state index in [1.807, 2.05) is 10.9 Å². The summed E-state index contributed by atoms with van der Waals surface area (Å²) in [5.41, 5.74) is 3.56. The number of hydrogen-bond acceptors (Lipinski definition) is 2. The van der Waals surface area contributed by atoms with E-state index >= 15 is 0 Å². The van der Waals surface area contributed by atoms with Crippen LogP contribution in [-0.2, 0) is 6.54 Å². The molecule has 0 aliphatic rings. The molecule has 4 heteroatoms. The maximum absolute atomic E-state index is 4.30. The molecule has 1 unspecified atom stereocenters. The molecule has 18 heavy (non-hydrogen) atoms. The number of halogens is 1. The van der Waals surface area contributed by atoms with Crippen LogP contribution in [0.3, 0.4) is 0 Å². The number of nitrogens with one attached hydrogen (secondary N) is 1. The van der Waals surface area contributed by atoms with Crippen molar-refractivity contribution in [3.05, 3.63) is 46.2 Å². The Balaban J connectivity index is 2.13. The largest absolute Gasteiger partial charge is 0.377 e. The normalized spacial score (nSPS) is 12.4. The van der Waals surface area contributed by atoms with Gasteiger partial charge in [-0.3, -0.25) is 4.68 Å². The number of nitrogens with zero attached hydrogens (tertiary/aromatic N) is 2. The molecule has 1 N–H and O–H groups in total. The van der Waals surface area contributed by atoms with Gasteiger partial charge >= 0.3 is 0 Å². The van der Waals surface area contributed by atoms with Crippen LogP contribution in [0.1, 0.15) is 31.0 Å². The number of aryl methyl sites for hydroxylation is 2. The molecular formula is C14H18BrN3. The lowest BCUT2D eigenvalue weighted by Gasteiger charge is -2.15. The Morgan fingerprint density at radius 1 is 1.44 bits per heavy atom. The van der Waals surface area contributed by atoms with E-state index in [4.69, 9.17) is 0 Å². The minimum absolute atomic E-state index is 0.240. The van der Waals surface area contributed by atoms with Crippen molar-refractivity contribution in [2.75, 3.05) is 5.32 Å². The minimum Gasteiger partial charge on any atom is -0.377 e. The van der Waals surface area contributed by atoms with Gasteiger partial charge in [0.25, 0.3) is 0 Å². The van der Waals surface area contributed by atoms with Gasteiger partial charge in [-0.25, -0.2) is 0 Å². The smallest absolute Gasteiger partial charge is 0.0542 e. The van der Waals surface area contributed by atoms with Crippen LogP contribution in [0.2, 0.25) is 0 Å². The molecule has 1 atom stereocenters. The van der Waals surface area contributed by atoms with Gasteiger partial charge in [-0.1, -0.05) is 6.07 Å². The van der Waals surface area contributed by atoms with Crippen molar-refractivity contribution in [3.8, 4) is 0 Å². The maximum atomic E-state index is 4.30. The monoisotopic (exact) mass is 307 g/mol. The molecule has 0 radical (unpaired) electrons. The Hall–Kier alpha value is -1.29. The zero-order valence-corrected chi connectivity index (χ0v) is 12.5. The highest BCUT2D eigenvalue weighted by Crippen LogP contribution is 2.27. The van der Waals surface area contributed by atoms with Gasteiger partial charge in [-0.2, -0.15) is 5.10 Å². The maximum Gasteiger partial charge on any atom is 0.0542 e. The van der Waals surface area contributed by atoms with Crippen molar-refractivity contribution in [2.45, 2.75) is 33.4 Å². The number of anilines is 1. The van der Waals surface area contributed by atoms with Crippen LogP contribution in [0.25, 0.3) is 0 Å². The van der Waals surface area contributed by atoms with Crippen molar-refractivity contribution in [1.29, 1.82) is 0 Å². The summed E-state index contributed by atoms with van der Waals surface area (Å²) < 4.78 is 3.04. The number of rotatable bonds is 4. The van der Waals surface area contributed by atoms with Gasteiger partial charge in [0.1, 0.15) is 0 Å². The minimum atomic E-state index is 0.240. The third kappa shape index (κ3) is 2.93. The quantitative estimate of drug-likeness (QED) is 0.919. The Kier molecular flexibility index (Phi) is 4.07. The predicted octanol–water partition coefficient (Wildman–Crippen LogP) is 4.15. The molecule has 3 nitrogen and oxygen atoms in total. The summed E-state index contributed by atoms with van der Waals surface area (Å²) in [6, 6.07) is 6.56. The van der Waals surface area contributed by atoms with E-state index in [0.29, 0.717) is 0 Å². The van der Waals surface area contributed by atoms with E-state index in [0.717, 1.165) is 16.7 Å². The molecule has 0 saturated carbocycles. The molecule has 2 rings (SSSR count). The van der Waals surface area contributed by atoms with Crippen LogP contribution >= 0.6 is 15.9 Å². The highest BCUT2D eigenvalue weighted by atomic mass is 79.9. The molecule has 1 aromatic heterocycles. The second kappa shape index (κ2) is 5.57. The van der Waals surface area contributed by atoms with E-state index in [2.05, 4.69) is 71.5 Å². The molecule has 0 fully saturated rings. The van der Waals surface area contributed by atoms with Crippen LogP contribution < -0.4 is 5.32 Å². The third-order valence-electron chi connectivity index (χ3n) is 2.97. The molecule has 1 heterocycles. The first-order valence-electron chi connectivity index (χ1n) is 6.15. The van der Waals surface area contributed by atoms with E-state index in [9.17, 15) is 0 Å². The Morgan fingerprint density at radius 2 is 2.22 bits per heavy atom. The fourth-order valence-electron chi connectivity index (χ4n) is 1.83. The van der Waals surface area contributed by atoms with E-state index in [1.54, 1.807) is 0 Å². The van der Waals surface area contributed by atoms with Crippen molar-refractivity contribution < 1.29 is 0 Å². The molecule has 0 saturated heterocycles. The summed E-state index contributed by atoms with van der Waals surface area (Å²) in [6.45, 7) is 7.22. The summed E-state index contributed by atoms with van der Waals surface area (Å²) in [5, 5.41) is 7.79. The third-order valence-corrected chi connectivity index (χ3v) is 3.63. The molecule has 1 aromatic carbocycles. The predicted molar refractivity (Wildman–Crippen MR) is 78.8 cm³/mol. The standard InChI is InChI=1S/C14H18BrN3/c1-4-18-9-12(8-16-18)11(3)17-14-6-5-10(2)7-13(14)15/h5-9,11,17H,4H2,1-3H3. The van der Waals surface area contributed by atoms with Crippen LogP contribution in [0, 0.1) is 6.92 Å². The molecule has 0 aliphatic heterocycles. The molecule has 0 amide bonds. The summed E-state index contributed by atoms with van der Waals surface area (Å²) in [4.78, 5) is 0. The van der Waals surface area contributed by atoms with Crippen molar-refractivity contribution in [3.63, 3.8) is 0 Å². The SMILES string of the molecule is CCn1cc(C(C)Nc2ccc(C)cc2Br)cn1. The van der Waals surface area contributed by atoms with Gasteiger partial charge in [0.05, 0.1) is 12.2 Å². The average molecular weight is 308 g/mol. The second-order valence-corrected chi connectivity index (χ2v) is 5.33. The van der Waals surface area contributed by atoms with Gasteiger partial charge in [0.2, 0.25) is 0 Å². The summed E-state index contributed by atoms with van der Waals surface area (Å²) >= 11 is 3.58. The van der Waals surface area contributed by atoms with E-state index in [-0.39, 0.29) is 6.04 Å². The lowest BCUT2D eigenvalue weighted by atomic mass is 10.1. The van der Waals surface area contributed by atoms with Crippen molar-refractivity contribution in [1.82, 2.24) is 9.78 Å². The second-order valence-electron chi connectivity index (χ2n) is 4.48. The Bertz CT molecular complexity index is 534. The highest BCUT2D eigenvalue weighted by molar-refractivity contribution is 9.10. The Morgan fingerprint density at radius 3 is 2.83 bits per heavy atom. The number of hydrogen-bond donors (Lipinski definition) is 1. The van der Waals surface area contributed by atoms with Gasteiger partial charge in [0, 0.05) is 28.5 Å². The van der Waals surface area contributed by atoms with Gasteiger partial charge in [-0.05, 0) is 54.4 Å². The first-order valence-corrected chi connectivity index (χ1v) is 6.94. The number of aromatic nitrogens is 2. The van der Waals surface area contributed by atoms with Crippen molar-refractivity contribution in [2.24, 2.45) is 0 Å². The Labute approximate surface area is 116 Å². The zero-order valence-electron chi connectivity index (χ0n) is 10.9. The summed E-state index contributed by atoms with van der Waals surface area (Å²) in [6.07, 6.45) is 4.00. The van der Waals surface area contributed by atoms with Crippen molar-refractivity contribution >= 4 is 21.6 Å². The lowest BCUT2D eigenvalue weighted by Crippen LogP contribution is -2.06. The topological polar surface area (TPSA) is 29.9 Å².